The summed E-state index contributed by atoms with van der Waals surface area (Å²) in [6, 6.07) is 0.380. The third-order valence-electron chi connectivity index (χ3n) is 2.64. The average Bonchev–Trinajstić information content (AvgIpc) is 2.65. The highest BCUT2D eigenvalue weighted by molar-refractivity contribution is 7.11. The summed E-state index contributed by atoms with van der Waals surface area (Å²) in [5.41, 5.74) is 0. The summed E-state index contributed by atoms with van der Waals surface area (Å²) in [4.78, 5) is 5.35. The maximum absolute atomic E-state index is 12.4. The van der Waals surface area contributed by atoms with E-state index in [2.05, 4.69) is 22.1 Å². The molecule has 3 nitrogen and oxygen atoms in total. The molecule has 0 aliphatic carbocycles. The zero-order valence-electron chi connectivity index (χ0n) is 9.42. The molecule has 96 valence electrons. The van der Waals surface area contributed by atoms with Crippen LogP contribution in [0.3, 0.4) is 0 Å². The highest BCUT2D eigenvalue weighted by Crippen LogP contribution is 2.33. The van der Waals surface area contributed by atoms with Crippen molar-refractivity contribution in [1.29, 1.82) is 0 Å². The van der Waals surface area contributed by atoms with Gasteiger partial charge in [-0.25, -0.2) is 4.98 Å². The van der Waals surface area contributed by atoms with Crippen molar-refractivity contribution in [3.63, 3.8) is 0 Å². The number of halogens is 3. The van der Waals surface area contributed by atoms with Crippen LogP contribution < -0.4 is 5.32 Å². The normalized spacial score (nSPS) is 22.9. The van der Waals surface area contributed by atoms with Crippen LogP contribution in [-0.4, -0.2) is 35.6 Å². The zero-order valence-corrected chi connectivity index (χ0v) is 10.2. The van der Waals surface area contributed by atoms with Gasteiger partial charge < -0.3 is 5.32 Å². The molecule has 7 heteroatoms. The van der Waals surface area contributed by atoms with Crippen LogP contribution in [0.1, 0.15) is 16.8 Å². The summed E-state index contributed by atoms with van der Waals surface area (Å²) in [7, 11) is 0. The van der Waals surface area contributed by atoms with E-state index in [1.165, 1.54) is 0 Å². The van der Waals surface area contributed by atoms with E-state index >= 15 is 0 Å². The number of nitrogens with one attached hydrogen (secondary N) is 1. The number of thiazole rings is 1. The van der Waals surface area contributed by atoms with E-state index in [1.54, 1.807) is 0 Å². The largest absolute Gasteiger partial charge is 0.427 e. The van der Waals surface area contributed by atoms with Gasteiger partial charge in [-0.2, -0.15) is 13.2 Å². The first-order chi connectivity index (χ1) is 7.95. The molecular weight excluding hydrogens is 251 g/mol. The number of rotatable bonds is 2. The molecule has 2 heterocycles. The van der Waals surface area contributed by atoms with Gasteiger partial charge in [0.25, 0.3) is 0 Å². The molecule has 1 N–H and O–H groups in total. The van der Waals surface area contributed by atoms with Gasteiger partial charge in [-0.05, 0) is 6.92 Å². The molecule has 0 aromatic carbocycles. The molecule has 1 fully saturated rings. The predicted octanol–water partition coefficient (Wildman–Crippen LogP) is 1.96. The van der Waals surface area contributed by atoms with E-state index in [0.717, 1.165) is 37.2 Å². The Kier molecular flexibility index (Phi) is 3.70. The monoisotopic (exact) mass is 265 g/mol. The Hall–Kier alpha value is -0.660. The van der Waals surface area contributed by atoms with Crippen LogP contribution in [0, 0.1) is 0 Å². The van der Waals surface area contributed by atoms with Gasteiger partial charge in [0.2, 0.25) is 0 Å². The van der Waals surface area contributed by atoms with Gasteiger partial charge in [0.1, 0.15) is 9.88 Å². The second kappa shape index (κ2) is 4.91. The van der Waals surface area contributed by atoms with Gasteiger partial charge in [0.15, 0.2) is 0 Å². The van der Waals surface area contributed by atoms with Gasteiger partial charge in [-0.15, -0.1) is 11.3 Å². The van der Waals surface area contributed by atoms with Gasteiger partial charge >= 0.3 is 6.18 Å². The Bertz CT molecular complexity index is 377. The fraction of sp³-hybridized carbons (Fsp3) is 0.700. The Morgan fingerprint density at radius 2 is 2.35 bits per heavy atom. The molecule has 0 saturated carbocycles. The van der Waals surface area contributed by atoms with Crippen molar-refractivity contribution in [3.8, 4) is 0 Å². The second-order valence-electron chi connectivity index (χ2n) is 4.21. The molecule has 1 saturated heterocycles. The van der Waals surface area contributed by atoms with Crippen molar-refractivity contribution in [2.75, 3.05) is 19.6 Å². The number of piperazine rings is 1. The Labute approximate surface area is 102 Å². The fourth-order valence-electron chi connectivity index (χ4n) is 1.86. The first-order valence-corrected chi connectivity index (χ1v) is 6.24. The molecular formula is C10H14F3N3S. The number of nitrogens with zero attached hydrogens (tertiary/aromatic N) is 2. The maximum atomic E-state index is 12.4. The van der Waals surface area contributed by atoms with E-state index in [4.69, 9.17) is 0 Å². The molecule has 1 aromatic rings. The van der Waals surface area contributed by atoms with Gasteiger partial charge in [-0.3, -0.25) is 4.90 Å². The molecule has 1 atom stereocenters. The smallest absolute Gasteiger partial charge is 0.312 e. The third-order valence-corrected chi connectivity index (χ3v) is 3.67. The molecule has 17 heavy (non-hydrogen) atoms. The van der Waals surface area contributed by atoms with Crippen molar-refractivity contribution >= 4 is 11.3 Å². The molecule has 0 radical (unpaired) electrons. The minimum Gasteiger partial charge on any atom is -0.312 e. The van der Waals surface area contributed by atoms with Gasteiger partial charge in [-0.1, -0.05) is 0 Å². The zero-order chi connectivity index (χ0) is 12.5. The standard InChI is InChI=1S/C10H14F3N3S/c1-7-5-16(3-2-14-7)6-9-15-4-8(17-9)10(11,12)13/h4,7,14H,2-3,5-6H2,1H3/t7-/m1/s1. The SMILES string of the molecule is C[C@@H]1CN(Cc2ncc(C(F)(F)F)s2)CCN1. The Morgan fingerprint density at radius 3 is 2.94 bits per heavy atom. The summed E-state index contributed by atoms with van der Waals surface area (Å²) in [6.45, 7) is 5.15. The van der Waals surface area contributed by atoms with Crippen LogP contribution in [0.5, 0.6) is 0 Å². The lowest BCUT2D eigenvalue weighted by Gasteiger charge is -2.31. The van der Waals surface area contributed by atoms with E-state index < -0.39 is 11.1 Å². The summed E-state index contributed by atoms with van der Waals surface area (Å²) >= 11 is 0.737. The summed E-state index contributed by atoms with van der Waals surface area (Å²) in [6.07, 6.45) is -3.35. The second-order valence-corrected chi connectivity index (χ2v) is 5.32. The van der Waals surface area contributed by atoms with Gasteiger partial charge in [0.05, 0.1) is 12.7 Å². The van der Waals surface area contributed by atoms with E-state index in [-0.39, 0.29) is 0 Å². The lowest BCUT2D eigenvalue weighted by molar-refractivity contribution is -0.134. The predicted molar refractivity (Wildman–Crippen MR) is 59.9 cm³/mol. The highest BCUT2D eigenvalue weighted by Gasteiger charge is 2.33. The van der Waals surface area contributed by atoms with Crippen LogP contribution in [0.2, 0.25) is 0 Å². The van der Waals surface area contributed by atoms with E-state index in [1.807, 2.05) is 0 Å². The first-order valence-electron chi connectivity index (χ1n) is 5.43. The summed E-state index contributed by atoms with van der Waals surface area (Å²) < 4.78 is 37.2. The van der Waals surface area contributed by atoms with Crippen molar-refractivity contribution < 1.29 is 13.2 Å². The van der Waals surface area contributed by atoms with Crippen molar-refractivity contribution in [1.82, 2.24) is 15.2 Å². The first kappa shape index (κ1) is 12.8. The highest BCUT2D eigenvalue weighted by atomic mass is 32.1. The van der Waals surface area contributed by atoms with Crippen LogP contribution >= 0.6 is 11.3 Å². The molecule has 0 spiro atoms. The lowest BCUT2D eigenvalue weighted by Crippen LogP contribution is -2.48. The van der Waals surface area contributed by atoms with Crippen LogP contribution in [-0.2, 0) is 12.7 Å². The number of alkyl halides is 3. The molecule has 0 unspecified atom stereocenters. The van der Waals surface area contributed by atoms with Crippen molar-refractivity contribution in [2.24, 2.45) is 0 Å². The van der Waals surface area contributed by atoms with Crippen molar-refractivity contribution in [2.45, 2.75) is 25.7 Å². The van der Waals surface area contributed by atoms with Crippen LogP contribution in [0.15, 0.2) is 6.20 Å². The third kappa shape index (κ3) is 3.40. The molecule has 2 rings (SSSR count). The average molecular weight is 265 g/mol. The van der Waals surface area contributed by atoms with Crippen LogP contribution in [0.25, 0.3) is 0 Å². The molecule has 1 aliphatic rings. The van der Waals surface area contributed by atoms with E-state index in [0.29, 0.717) is 17.6 Å². The lowest BCUT2D eigenvalue weighted by atomic mass is 10.2. The van der Waals surface area contributed by atoms with E-state index in [9.17, 15) is 13.2 Å². The molecule has 1 aliphatic heterocycles. The van der Waals surface area contributed by atoms with Gasteiger partial charge in [0, 0.05) is 25.7 Å². The fourth-order valence-corrected chi connectivity index (χ4v) is 2.69. The molecule has 1 aromatic heterocycles. The number of aromatic nitrogens is 1. The maximum Gasteiger partial charge on any atom is 0.427 e. The minimum atomic E-state index is -4.27. The number of hydrogen-bond donors (Lipinski definition) is 1. The molecule has 0 bridgehead atoms. The minimum absolute atomic E-state index is 0.380. The Morgan fingerprint density at radius 1 is 1.59 bits per heavy atom. The summed E-state index contributed by atoms with van der Waals surface area (Å²) in [5, 5.41) is 3.82. The Balaban J connectivity index is 1.97. The quantitative estimate of drug-likeness (QED) is 0.886. The van der Waals surface area contributed by atoms with Crippen molar-refractivity contribution in [3.05, 3.63) is 16.1 Å². The molecule has 0 amide bonds. The number of hydrogen-bond acceptors (Lipinski definition) is 4. The van der Waals surface area contributed by atoms with Crippen LogP contribution in [0.4, 0.5) is 13.2 Å². The topological polar surface area (TPSA) is 28.2 Å². The summed E-state index contributed by atoms with van der Waals surface area (Å²) in [5.74, 6) is 0.